The number of alkyl halides is 3. The van der Waals surface area contributed by atoms with E-state index in [1.807, 2.05) is 0 Å². The first-order chi connectivity index (χ1) is 16.5. The number of hydrogen-bond acceptors (Lipinski definition) is 5. The van der Waals surface area contributed by atoms with Gasteiger partial charge < -0.3 is 5.32 Å². The fraction of sp³-hybridized carbons (Fsp3) is 0.304. The number of nitrogens with zero attached hydrogens (tertiary/aromatic N) is 1. The molecule has 13 heteroatoms. The van der Waals surface area contributed by atoms with Gasteiger partial charge >= 0.3 is 6.18 Å². The second-order valence-corrected chi connectivity index (χ2v) is 10.7. The van der Waals surface area contributed by atoms with Crippen LogP contribution in [0.4, 0.5) is 13.2 Å². The Morgan fingerprint density at radius 2 is 1.69 bits per heavy atom. The van der Waals surface area contributed by atoms with Gasteiger partial charge in [0.25, 0.3) is 5.91 Å². The first kappa shape index (κ1) is 29.8. The summed E-state index contributed by atoms with van der Waals surface area (Å²) in [6, 6.07) is 8.13. The molecule has 196 valence electrons. The van der Waals surface area contributed by atoms with Gasteiger partial charge in [-0.25, -0.2) is 8.42 Å². The quantitative estimate of drug-likeness (QED) is 0.510. The van der Waals surface area contributed by atoms with Gasteiger partial charge in [0.2, 0.25) is 10.0 Å². The normalized spacial score (nSPS) is 16.2. The molecule has 0 radical (unpaired) electrons. The molecule has 1 aliphatic rings. The fourth-order valence-corrected chi connectivity index (χ4v) is 4.30. The molecule has 0 aliphatic carbocycles. The van der Waals surface area contributed by atoms with Crippen molar-refractivity contribution in [2.45, 2.75) is 26.1 Å². The third-order valence-corrected chi connectivity index (χ3v) is 6.36. The van der Waals surface area contributed by atoms with E-state index in [1.54, 1.807) is 25.1 Å². The highest BCUT2D eigenvalue weighted by Gasteiger charge is 2.33. The van der Waals surface area contributed by atoms with Crippen molar-refractivity contribution in [3.05, 3.63) is 75.3 Å². The molecule has 0 aromatic heterocycles. The number of carbonyl (C=O) groups excluding carboxylic acids is 2. The molecule has 2 aromatic carbocycles. The molecule has 36 heavy (non-hydrogen) atoms. The average molecular weight is 567 g/mol. The third kappa shape index (κ3) is 8.31. The van der Waals surface area contributed by atoms with Gasteiger partial charge in [-0.1, -0.05) is 40.3 Å². The van der Waals surface area contributed by atoms with Crippen molar-refractivity contribution < 1.29 is 36.0 Å². The number of amides is 1. The molecule has 1 N–H and O–H groups in total. The lowest BCUT2D eigenvalue weighted by molar-refractivity contribution is -0.0686. The Bertz CT molecular complexity index is 1260. The molecule has 0 spiro atoms. The minimum atomic E-state index is -4.46. The van der Waals surface area contributed by atoms with Crippen LogP contribution in [0, 0.1) is 6.92 Å². The Labute approximate surface area is 216 Å². The van der Waals surface area contributed by atoms with Gasteiger partial charge in [0.05, 0.1) is 31.0 Å². The number of aryl methyl sites for hydroxylation is 1. The molecule has 1 saturated heterocycles. The second-order valence-electron chi connectivity index (χ2n) is 7.93. The van der Waals surface area contributed by atoms with Crippen molar-refractivity contribution in [3.63, 3.8) is 0 Å². The van der Waals surface area contributed by atoms with Crippen LogP contribution in [0.5, 0.6) is 0 Å². The second kappa shape index (κ2) is 11.7. The number of nitrogens with one attached hydrogen (secondary N) is 1. The zero-order chi connectivity index (χ0) is 27.4. The monoisotopic (exact) mass is 566 g/mol. The number of hydroxylamine groups is 1. The van der Waals surface area contributed by atoms with E-state index >= 15 is 0 Å². The van der Waals surface area contributed by atoms with Crippen LogP contribution in [0.3, 0.4) is 0 Å². The summed E-state index contributed by atoms with van der Waals surface area (Å²) in [6.45, 7) is 6.32. The van der Waals surface area contributed by atoms with Crippen molar-refractivity contribution in [1.82, 2.24) is 9.79 Å². The Morgan fingerprint density at radius 1 is 1.11 bits per heavy atom. The molecule has 1 amide bonds. The first-order valence-corrected chi connectivity index (χ1v) is 12.8. The third-order valence-electron chi connectivity index (χ3n) is 4.93. The molecular formula is C23H23Cl2F3N2O5S. The van der Waals surface area contributed by atoms with Crippen LogP contribution in [0.1, 0.15) is 38.8 Å². The minimum absolute atomic E-state index is 0.0666. The molecule has 1 fully saturated rings. The van der Waals surface area contributed by atoms with Gasteiger partial charge in [0, 0.05) is 21.2 Å². The molecule has 0 saturated carbocycles. The lowest BCUT2D eigenvalue weighted by Gasteiger charge is -2.13. The Kier molecular flexibility index (Phi) is 9.71. The molecule has 1 heterocycles. The number of rotatable bonds is 5. The van der Waals surface area contributed by atoms with E-state index in [0.717, 1.165) is 10.7 Å². The van der Waals surface area contributed by atoms with Crippen molar-refractivity contribution in [3.8, 4) is 0 Å². The van der Waals surface area contributed by atoms with E-state index in [1.165, 1.54) is 25.1 Å². The lowest BCUT2D eigenvalue weighted by Crippen LogP contribution is -2.39. The molecule has 7 nitrogen and oxygen atoms in total. The molecule has 1 aliphatic heterocycles. The Morgan fingerprint density at radius 3 is 2.14 bits per heavy atom. The summed E-state index contributed by atoms with van der Waals surface area (Å²) in [5, 5.41) is 3.03. The molecule has 2 aromatic rings. The number of ketones is 1. The Hall–Kier alpha value is -2.44. The zero-order valence-electron chi connectivity index (χ0n) is 19.4. The van der Waals surface area contributed by atoms with Gasteiger partial charge in [-0.15, -0.1) is 0 Å². The molecule has 3 rings (SSSR count). The fourth-order valence-electron chi connectivity index (χ4n) is 3.07. The number of hydrogen-bond donors (Lipinski definition) is 1. The number of allylic oxidation sites excluding steroid dienone is 1. The summed E-state index contributed by atoms with van der Waals surface area (Å²) in [7, 11) is -3.44. The van der Waals surface area contributed by atoms with E-state index in [-0.39, 0.29) is 40.5 Å². The Balaban J connectivity index is 0.000000281. The standard InChI is InChI=1S/C14H18N2O5S.C9H5Cl2F3/c1-9-6-11(10(2)17)4-5-13(9)14(18)15-12-7-16(21-8-12)22(3,19)20;1-5(9(12,13)14)6-2-7(10)4-8(11)3-6/h4-6,12H,7-8H2,1-3H3,(H,15,18);2-4H,1H2. The lowest BCUT2D eigenvalue weighted by atomic mass is 10.0. The van der Waals surface area contributed by atoms with Crippen LogP contribution in [0.25, 0.3) is 5.57 Å². The van der Waals surface area contributed by atoms with Crippen LogP contribution in [-0.4, -0.2) is 56.2 Å². The summed E-state index contributed by atoms with van der Waals surface area (Å²) in [5.74, 6) is -0.389. The molecular weight excluding hydrogens is 544 g/mol. The molecule has 1 atom stereocenters. The van der Waals surface area contributed by atoms with E-state index in [9.17, 15) is 31.2 Å². The SMILES string of the molecule is C=C(c1cc(Cl)cc(Cl)c1)C(F)(F)F.CC(=O)c1ccc(C(=O)NC2CON(S(C)(=O)=O)C2)c(C)c1. The highest BCUT2D eigenvalue weighted by atomic mass is 35.5. The van der Waals surface area contributed by atoms with Gasteiger partial charge in [0.15, 0.2) is 5.78 Å². The van der Waals surface area contributed by atoms with Gasteiger partial charge in [-0.2, -0.15) is 13.2 Å². The van der Waals surface area contributed by atoms with Crippen LogP contribution in [0.2, 0.25) is 10.0 Å². The predicted molar refractivity (Wildman–Crippen MR) is 131 cm³/mol. The van der Waals surface area contributed by atoms with Crippen LogP contribution < -0.4 is 5.32 Å². The van der Waals surface area contributed by atoms with Gasteiger partial charge in [0.1, 0.15) is 0 Å². The van der Waals surface area contributed by atoms with Crippen LogP contribution in [-0.2, 0) is 14.9 Å². The van der Waals surface area contributed by atoms with E-state index in [4.69, 9.17) is 28.0 Å². The number of carbonyl (C=O) groups is 2. The minimum Gasteiger partial charge on any atom is -0.345 e. The van der Waals surface area contributed by atoms with Crippen LogP contribution >= 0.6 is 23.2 Å². The summed E-state index contributed by atoms with van der Waals surface area (Å²) >= 11 is 11.1. The summed E-state index contributed by atoms with van der Waals surface area (Å²) in [5.41, 5.74) is 0.602. The maximum Gasteiger partial charge on any atom is 0.416 e. The smallest absolute Gasteiger partial charge is 0.345 e. The maximum atomic E-state index is 12.2. The molecule has 1 unspecified atom stereocenters. The first-order valence-electron chi connectivity index (χ1n) is 10.2. The topological polar surface area (TPSA) is 92.8 Å². The van der Waals surface area contributed by atoms with Gasteiger partial charge in [-0.3, -0.25) is 14.4 Å². The van der Waals surface area contributed by atoms with E-state index in [2.05, 4.69) is 11.9 Å². The highest BCUT2D eigenvalue weighted by molar-refractivity contribution is 7.88. The number of halogens is 5. The van der Waals surface area contributed by atoms with E-state index < -0.39 is 27.8 Å². The molecule has 0 bridgehead atoms. The predicted octanol–water partition coefficient (Wildman–Crippen LogP) is 5.07. The van der Waals surface area contributed by atoms with Crippen molar-refractivity contribution >= 4 is 50.5 Å². The number of Topliss-reactive ketones (excluding diaryl/α,β-unsaturated/α-hetero) is 1. The van der Waals surface area contributed by atoms with Crippen molar-refractivity contribution in [2.24, 2.45) is 0 Å². The summed E-state index contributed by atoms with van der Waals surface area (Å²) in [6.07, 6.45) is -3.42. The summed E-state index contributed by atoms with van der Waals surface area (Å²) < 4.78 is 60.2. The van der Waals surface area contributed by atoms with Crippen molar-refractivity contribution in [2.75, 3.05) is 19.4 Å². The number of benzene rings is 2. The highest BCUT2D eigenvalue weighted by Crippen LogP contribution is 2.34. The van der Waals surface area contributed by atoms with Crippen molar-refractivity contribution in [1.29, 1.82) is 0 Å². The largest absolute Gasteiger partial charge is 0.416 e. The summed E-state index contributed by atoms with van der Waals surface area (Å²) in [4.78, 5) is 28.6. The van der Waals surface area contributed by atoms with E-state index in [0.29, 0.717) is 16.7 Å². The average Bonchev–Trinajstić information content (AvgIpc) is 3.21. The van der Waals surface area contributed by atoms with Gasteiger partial charge in [-0.05, 0) is 55.3 Å². The number of sulfonamides is 1. The zero-order valence-corrected chi connectivity index (χ0v) is 21.8. The maximum absolute atomic E-state index is 12.2. The van der Waals surface area contributed by atoms with Crippen LogP contribution in [0.15, 0.2) is 43.0 Å².